The number of benzene rings is 1. The van der Waals surface area contributed by atoms with Gasteiger partial charge < -0.3 is 4.74 Å². The van der Waals surface area contributed by atoms with Gasteiger partial charge in [0.25, 0.3) is 0 Å². The lowest BCUT2D eigenvalue weighted by Crippen LogP contribution is -2.18. The fraction of sp³-hybridized carbons (Fsp3) is 0.556. The van der Waals surface area contributed by atoms with Gasteiger partial charge in [0.1, 0.15) is 0 Å². The summed E-state index contributed by atoms with van der Waals surface area (Å²) in [5.74, 6) is -0.917. The van der Waals surface area contributed by atoms with Crippen molar-refractivity contribution in [1.29, 1.82) is 0 Å². The van der Waals surface area contributed by atoms with Gasteiger partial charge in [0.15, 0.2) is 5.12 Å². The largest absolute Gasteiger partial charge is 0.466 e. The molecule has 0 saturated carbocycles. The van der Waals surface area contributed by atoms with E-state index in [9.17, 15) is 9.59 Å². The van der Waals surface area contributed by atoms with Crippen LogP contribution in [0.2, 0.25) is 0 Å². The molecule has 0 aliphatic heterocycles. The fourth-order valence-corrected chi connectivity index (χ4v) is 2.61. The average Bonchev–Trinajstić information content (AvgIpc) is 2.50. The Morgan fingerprint density at radius 3 is 2.32 bits per heavy atom. The van der Waals surface area contributed by atoms with Crippen molar-refractivity contribution >= 4 is 23.7 Å². The predicted octanol–water partition coefficient (Wildman–Crippen LogP) is 4.30. The zero-order valence-electron chi connectivity index (χ0n) is 13.5. The summed E-state index contributed by atoms with van der Waals surface area (Å²) in [5, 5.41) is -0.304. The number of thiol groups is 1. The Kier molecular flexibility index (Phi) is 8.90. The normalized spacial score (nSPS) is 12.0. The molecular formula is C18H26O3S. The highest BCUT2D eigenvalue weighted by Crippen LogP contribution is 2.23. The van der Waals surface area contributed by atoms with E-state index in [0.29, 0.717) is 6.61 Å². The van der Waals surface area contributed by atoms with Gasteiger partial charge >= 0.3 is 5.97 Å². The van der Waals surface area contributed by atoms with Crippen molar-refractivity contribution in [2.24, 2.45) is 0 Å². The second-order valence-electron chi connectivity index (χ2n) is 5.45. The molecule has 1 atom stereocenters. The third kappa shape index (κ3) is 6.65. The molecule has 0 bridgehead atoms. The number of aryl methyl sites for hydroxylation is 1. The van der Waals surface area contributed by atoms with Crippen LogP contribution in [0.25, 0.3) is 0 Å². The monoisotopic (exact) mass is 322 g/mol. The van der Waals surface area contributed by atoms with Gasteiger partial charge in [-0.3, -0.25) is 9.59 Å². The van der Waals surface area contributed by atoms with E-state index < -0.39 is 5.92 Å². The number of carbonyl (C=O) groups is 2. The van der Waals surface area contributed by atoms with E-state index in [1.165, 1.54) is 31.2 Å². The lowest BCUT2D eigenvalue weighted by Gasteiger charge is -2.15. The number of ether oxygens (including phenoxy) is 1. The van der Waals surface area contributed by atoms with Gasteiger partial charge in [0.05, 0.1) is 12.5 Å². The number of unbranched alkanes of at least 4 members (excludes halogenated alkanes) is 3. The molecule has 0 radical (unpaired) electrons. The maximum Gasteiger partial charge on any atom is 0.313 e. The van der Waals surface area contributed by atoms with Crippen molar-refractivity contribution < 1.29 is 14.3 Å². The smallest absolute Gasteiger partial charge is 0.313 e. The standard InChI is InChI=1S/C18H26O3S/c1-3-5-6-7-8-14-9-11-15(12-10-14)16(13-17(19)22)18(20)21-4-2/h9-12,16H,3-8,13H2,1-2H3,(H,19,22). The third-order valence-corrected chi connectivity index (χ3v) is 3.83. The third-order valence-electron chi connectivity index (χ3n) is 3.65. The van der Waals surface area contributed by atoms with Gasteiger partial charge in [-0.05, 0) is 30.9 Å². The van der Waals surface area contributed by atoms with E-state index in [-0.39, 0.29) is 17.5 Å². The number of hydrogen-bond donors (Lipinski definition) is 1. The van der Waals surface area contributed by atoms with Crippen LogP contribution >= 0.6 is 12.6 Å². The Morgan fingerprint density at radius 2 is 1.77 bits per heavy atom. The maximum absolute atomic E-state index is 12.0. The van der Waals surface area contributed by atoms with Crippen molar-refractivity contribution in [3.8, 4) is 0 Å². The van der Waals surface area contributed by atoms with Crippen LogP contribution in [0.3, 0.4) is 0 Å². The molecule has 0 aliphatic carbocycles. The summed E-state index contributed by atoms with van der Waals surface area (Å²) < 4.78 is 5.06. The van der Waals surface area contributed by atoms with E-state index in [0.717, 1.165) is 12.0 Å². The van der Waals surface area contributed by atoms with Crippen molar-refractivity contribution in [2.75, 3.05) is 6.61 Å². The lowest BCUT2D eigenvalue weighted by molar-refractivity contribution is -0.145. The molecule has 0 aliphatic rings. The van der Waals surface area contributed by atoms with Crippen molar-refractivity contribution in [2.45, 2.75) is 58.3 Å². The van der Waals surface area contributed by atoms with Crippen LogP contribution in [-0.4, -0.2) is 17.7 Å². The quantitative estimate of drug-likeness (QED) is 0.397. The SMILES string of the molecule is CCCCCCc1ccc(C(CC(=O)S)C(=O)OCC)cc1. The average molecular weight is 322 g/mol. The van der Waals surface area contributed by atoms with Gasteiger partial charge in [-0.25, -0.2) is 0 Å². The van der Waals surface area contributed by atoms with Gasteiger partial charge in [0.2, 0.25) is 0 Å². The van der Waals surface area contributed by atoms with E-state index >= 15 is 0 Å². The summed E-state index contributed by atoms with van der Waals surface area (Å²) in [6.45, 7) is 4.27. The molecule has 0 saturated heterocycles. The van der Waals surface area contributed by atoms with Gasteiger partial charge in [-0.2, -0.15) is 0 Å². The zero-order valence-corrected chi connectivity index (χ0v) is 14.4. The number of esters is 1. The topological polar surface area (TPSA) is 43.4 Å². The Labute approximate surface area is 138 Å². The summed E-state index contributed by atoms with van der Waals surface area (Å²) >= 11 is 3.79. The molecule has 1 aromatic rings. The van der Waals surface area contributed by atoms with E-state index in [2.05, 4.69) is 19.6 Å². The number of hydrogen-bond acceptors (Lipinski definition) is 3. The zero-order chi connectivity index (χ0) is 16.4. The molecule has 0 fully saturated rings. The van der Waals surface area contributed by atoms with Crippen LogP contribution in [-0.2, 0) is 20.7 Å². The van der Waals surface area contributed by atoms with Crippen LogP contribution in [0.15, 0.2) is 24.3 Å². The van der Waals surface area contributed by atoms with Gasteiger partial charge in [0, 0.05) is 6.42 Å². The summed E-state index contributed by atoms with van der Waals surface area (Å²) in [7, 11) is 0. The number of carbonyl (C=O) groups excluding carboxylic acids is 2. The molecule has 0 aromatic heterocycles. The minimum atomic E-state index is -0.556. The molecule has 0 N–H and O–H groups in total. The molecular weight excluding hydrogens is 296 g/mol. The summed E-state index contributed by atoms with van der Waals surface area (Å²) in [5.41, 5.74) is 2.08. The highest BCUT2D eigenvalue weighted by Gasteiger charge is 2.23. The first-order chi connectivity index (χ1) is 10.6. The molecule has 1 aromatic carbocycles. The Balaban J connectivity index is 2.70. The molecule has 1 rings (SSSR count). The van der Waals surface area contributed by atoms with E-state index in [1.807, 2.05) is 24.3 Å². The first kappa shape index (κ1) is 18.8. The first-order valence-corrected chi connectivity index (χ1v) is 8.50. The predicted molar refractivity (Wildman–Crippen MR) is 92.3 cm³/mol. The summed E-state index contributed by atoms with van der Waals surface area (Å²) in [6.07, 6.45) is 6.06. The molecule has 0 spiro atoms. The van der Waals surface area contributed by atoms with Crippen LogP contribution in [0.4, 0.5) is 0 Å². The lowest BCUT2D eigenvalue weighted by atomic mass is 9.94. The molecule has 0 heterocycles. The molecule has 3 nitrogen and oxygen atoms in total. The van der Waals surface area contributed by atoms with E-state index in [4.69, 9.17) is 4.74 Å². The van der Waals surface area contributed by atoms with Crippen LogP contribution in [0.5, 0.6) is 0 Å². The molecule has 4 heteroatoms. The van der Waals surface area contributed by atoms with Crippen molar-refractivity contribution in [1.82, 2.24) is 0 Å². The highest BCUT2D eigenvalue weighted by atomic mass is 32.1. The second kappa shape index (κ2) is 10.4. The van der Waals surface area contributed by atoms with Gasteiger partial charge in [-0.15, -0.1) is 12.6 Å². The highest BCUT2D eigenvalue weighted by molar-refractivity contribution is 7.96. The van der Waals surface area contributed by atoms with Gasteiger partial charge in [-0.1, -0.05) is 50.5 Å². The fourth-order valence-electron chi connectivity index (χ4n) is 2.43. The van der Waals surface area contributed by atoms with Crippen LogP contribution in [0, 0.1) is 0 Å². The summed E-state index contributed by atoms with van der Waals surface area (Å²) in [4.78, 5) is 23.3. The van der Waals surface area contributed by atoms with Crippen molar-refractivity contribution in [3.63, 3.8) is 0 Å². The van der Waals surface area contributed by atoms with E-state index in [1.54, 1.807) is 6.92 Å². The minimum absolute atomic E-state index is 0.0673. The Hall–Kier alpha value is -1.29. The molecule has 22 heavy (non-hydrogen) atoms. The molecule has 122 valence electrons. The Bertz CT molecular complexity index is 468. The number of rotatable bonds is 10. The van der Waals surface area contributed by atoms with Crippen molar-refractivity contribution in [3.05, 3.63) is 35.4 Å². The molecule has 0 amide bonds. The van der Waals surface area contributed by atoms with Crippen LogP contribution in [0.1, 0.15) is 63.0 Å². The second-order valence-corrected chi connectivity index (χ2v) is 5.95. The first-order valence-electron chi connectivity index (χ1n) is 8.05. The Morgan fingerprint density at radius 1 is 1.09 bits per heavy atom. The minimum Gasteiger partial charge on any atom is -0.466 e. The van der Waals surface area contributed by atoms with Crippen LogP contribution < -0.4 is 0 Å². The summed E-state index contributed by atoms with van der Waals surface area (Å²) in [6, 6.07) is 7.92. The maximum atomic E-state index is 12.0. The molecule has 1 unspecified atom stereocenters.